The highest BCUT2D eigenvalue weighted by atomic mass is 35.5. The van der Waals surface area contributed by atoms with Crippen LogP contribution in [0.3, 0.4) is 0 Å². The van der Waals surface area contributed by atoms with E-state index < -0.39 is 27.3 Å². The number of halogens is 2. The van der Waals surface area contributed by atoms with Crippen molar-refractivity contribution in [1.82, 2.24) is 25.3 Å². The Kier molecular flexibility index (Phi) is 6.28. The Morgan fingerprint density at radius 2 is 2.11 bits per heavy atom. The third-order valence-corrected chi connectivity index (χ3v) is 5.89. The van der Waals surface area contributed by atoms with E-state index in [1.54, 1.807) is 13.2 Å². The minimum absolute atomic E-state index is 0.0608. The third kappa shape index (κ3) is 5.04. The second kappa shape index (κ2) is 8.52. The van der Waals surface area contributed by atoms with E-state index in [-0.39, 0.29) is 16.7 Å². The minimum Gasteiger partial charge on any atom is -0.381 e. The van der Waals surface area contributed by atoms with Crippen LogP contribution in [0.25, 0.3) is 11.3 Å². The van der Waals surface area contributed by atoms with Crippen molar-refractivity contribution in [3.8, 4) is 11.3 Å². The van der Waals surface area contributed by atoms with Crippen LogP contribution in [-0.4, -0.2) is 48.3 Å². The maximum Gasteiger partial charge on any atom is 0.269 e. The van der Waals surface area contributed by atoms with Gasteiger partial charge < -0.3 is 4.74 Å². The largest absolute Gasteiger partial charge is 0.381 e. The van der Waals surface area contributed by atoms with Crippen LogP contribution in [0.5, 0.6) is 0 Å². The lowest BCUT2D eigenvalue weighted by molar-refractivity contribution is 0.0722. The fourth-order valence-corrected chi connectivity index (χ4v) is 4.34. The Bertz CT molecular complexity index is 975. The molecule has 28 heavy (non-hydrogen) atoms. The molecule has 1 saturated heterocycles. The van der Waals surface area contributed by atoms with Crippen molar-refractivity contribution in [2.45, 2.75) is 12.8 Å². The van der Waals surface area contributed by atoms with Gasteiger partial charge in [-0.25, -0.2) is 12.8 Å². The van der Waals surface area contributed by atoms with Gasteiger partial charge in [-0.2, -0.15) is 0 Å². The van der Waals surface area contributed by atoms with Crippen LogP contribution >= 0.6 is 11.6 Å². The molecule has 1 amide bonds. The van der Waals surface area contributed by atoms with Crippen molar-refractivity contribution in [3.05, 3.63) is 34.7 Å². The predicted octanol–water partition coefficient (Wildman–Crippen LogP) is 1.27. The van der Waals surface area contributed by atoms with Crippen molar-refractivity contribution in [2.24, 2.45) is 13.0 Å². The first kappa shape index (κ1) is 20.6. The van der Waals surface area contributed by atoms with Gasteiger partial charge in [0.05, 0.1) is 22.5 Å². The summed E-state index contributed by atoms with van der Waals surface area (Å²) >= 11 is 5.88. The number of rotatable bonds is 6. The molecule has 152 valence electrons. The van der Waals surface area contributed by atoms with Crippen molar-refractivity contribution >= 4 is 27.5 Å². The van der Waals surface area contributed by atoms with Crippen LogP contribution in [0.15, 0.2) is 18.3 Å². The molecule has 3 rings (SSSR count). The lowest BCUT2D eigenvalue weighted by Crippen LogP contribution is -2.44. The number of hydrazine groups is 1. The number of carbonyl (C=O) groups excluding carboxylic acids is 1. The summed E-state index contributed by atoms with van der Waals surface area (Å²) in [6.07, 6.45) is 2.82. The van der Waals surface area contributed by atoms with Gasteiger partial charge in [0.15, 0.2) is 5.82 Å². The summed E-state index contributed by atoms with van der Waals surface area (Å²) < 4.78 is 45.3. The Morgan fingerprint density at radius 3 is 2.75 bits per heavy atom. The third-order valence-electron chi connectivity index (χ3n) is 4.29. The summed E-state index contributed by atoms with van der Waals surface area (Å²) in [6, 6.07) is 2.54. The molecule has 1 aromatic carbocycles. The molecule has 0 bridgehead atoms. The summed E-state index contributed by atoms with van der Waals surface area (Å²) in [7, 11) is -2.13. The standard InChI is InChI=1S/C16H19ClFN5O4S/c1-23-8-14(19-21-23)11-6-12(15(18)13(17)7-11)16(24)20-22-28(25,26)9-10-2-4-27-5-3-10/h6-8,10,22H,2-5,9H2,1H3,(H,20,24). The van der Waals surface area contributed by atoms with E-state index >= 15 is 0 Å². The Hall–Kier alpha value is -2.08. The predicted molar refractivity (Wildman–Crippen MR) is 99.3 cm³/mol. The second-order valence-electron chi connectivity index (χ2n) is 6.49. The van der Waals surface area contributed by atoms with Gasteiger partial charge in [0, 0.05) is 25.8 Å². The van der Waals surface area contributed by atoms with E-state index in [4.69, 9.17) is 16.3 Å². The highest BCUT2D eigenvalue weighted by Crippen LogP contribution is 2.26. The molecule has 1 aliphatic heterocycles. The molecule has 0 aliphatic carbocycles. The molecule has 0 unspecified atom stereocenters. The van der Waals surface area contributed by atoms with Crippen LogP contribution in [0.1, 0.15) is 23.2 Å². The van der Waals surface area contributed by atoms with Gasteiger partial charge in [-0.1, -0.05) is 16.8 Å². The smallest absolute Gasteiger partial charge is 0.269 e. The van der Waals surface area contributed by atoms with E-state index in [1.807, 2.05) is 10.3 Å². The fraction of sp³-hybridized carbons (Fsp3) is 0.438. The number of nitrogens with zero attached hydrogens (tertiary/aromatic N) is 3. The van der Waals surface area contributed by atoms with Crippen molar-refractivity contribution in [1.29, 1.82) is 0 Å². The zero-order chi connectivity index (χ0) is 20.3. The number of carbonyl (C=O) groups is 1. The summed E-state index contributed by atoms with van der Waals surface area (Å²) in [5.74, 6) is -2.15. The first-order valence-corrected chi connectivity index (χ1v) is 10.5. The first-order valence-electron chi connectivity index (χ1n) is 8.48. The van der Waals surface area contributed by atoms with E-state index in [0.29, 0.717) is 37.3 Å². The lowest BCUT2D eigenvalue weighted by atomic mass is 10.0. The van der Waals surface area contributed by atoms with Gasteiger partial charge >= 0.3 is 0 Å². The molecular weight excluding hydrogens is 413 g/mol. The van der Waals surface area contributed by atoms with E-state index in [0.717, 1.165) is 0 Å². The fourth-order valence-electron chi connectivity index (χ4n) is 2.84. The van der Waals surface area contributed by atoms with Crippen LogP contribution < -0.4 is 10.3 Å². The number of aryl methyl sites for hydroxylation is 1. The zero-order valence-electron chi connectivity index (χ0n) is 15.0. The summed E-state index contributed by atoms with van der Waals surface area (Å²) in [5, 5.41) is 7.37. The Balaban J connectivity index is 1.72. The molecule has 9 nitrogen and oxygen atoms in total. The average Bonchev–Trinajstić information content (AvgIpc) is 3.09. The second-order valence-corrected chi connectivity index (χ2v) is 8.66. The van der Waals surface area contributed by atoms with Crippen LogP contribution in [0.4, 0.5) is 4.39 Å². The number of sulfonamides is 1. The number of hydrogen-bond acceptors (Lipinski definition) is 6. The SMILES string of the molecule is Cn1cc(-c2cc(Cl)c(F)c(C(=O)NNS(=O)(=O)CC3CCOCC3)c2)nn1. The number of amides is 1. The molecule has 0 saturated carbocycles. The number of aromatic nitrogens is 3. The van der Waals surface area contributed by atoms with Crippen LogP contribution in [0, 0.1) is 11.7 Å². The molecule has 1 aromatic heterocycles. The van der Waals surface area contributed by atoms with Gasteiger partial charge in [0.2, 0.25) is 10.0 Å². The maximum atomic E-state index is 14.3. The van der Waals surface area contributed by atoms with E-state index in [1.165, 1.54) is 16.8 Å². The summed E-state index contributed by atoms with van der Waals surface area (Å²) in [5.41, 5.74) is 2.38. The molecule has 1 aliphatic rings. The van der Waals surface area contributed by atoms with E-state index in [2.05, 4.69) is 10.3 Å². The zero-order valence-corrected chi connectivity index (χ0v) is 16.6. The molecule has 1 fully saturated rings. The monoisotopic (exact) mass is 431 g/mol. The molecule has 0 atom stereocenters. The number of ether oxygens (including phenoxy) is 1. The normalized spacial score (nSPS) is 15.5. The summed E-state index contributed by atoms with van der Waals surface area (Å²) in [6.45, 7) is 1.01. The Morgan fingerprint density at radius 1 is 1.39 bits per heavy atom. The minimum atomic E-state index is -3.78. The van der Waals surface area contributed by atoms with Gasteiger partial charge in [-0.3, -0.25) is 14.9 Å². The molecule has 12 heteroatoms. The lowest BCUT2D eigenvalue weighted by Gasteiger charge is -2.21. The van der Waals surface area contributed by atoms with Crippen molar-refractivity contribution in [3.63, 3.8) is 0 Å². The van der Waals surface area contributed by atoms with Gasteiger partial charge in [0.25, 0.3) is 5.91 Å². The molecule has 2 heterocycles. The number of benzene rings is 1. The van der Waals surface area contributed by atoms with Gasteiger partial charge in [-0.15, -0.1) is 9.93 Å². The molecule has 0 spiro atoms. The number of nitrogens with one attached hydrogen (secondary N) is 2. The number of hydrogen-bond donors (Lipinski definition) is 2. The highest BCUT2D eigenvalue weighted by molar-refractivity contribution is 7.89. The molecule has 2 aromatic rings. The van der Waals surface area contributed by atoms with E-state index in [9.17, 15) is 17.6 Å². The van der Waals surface area contributed by atoms with Gasteiger partial charge in [-0.05, 0) is 30.9 Å². The highest BCUT2D eigenvalue weighted by Gasteiger charge is 2.23. The average molecular weight is 432 g/mol. The van der Waals surface area contributed by atoms with Crippen molar-refractivity contribution < 1.29 is 22.3 Å². The topological polar surface area (TPSA) is 115 Å². The first-order chi connectivity index (χ1) is 13.2. The quantitative estimate of drug-likeness (QED) is 0.665. The van der Waals surface area contributed by atoms with Crippen molar-refractivity contribution in [2.75, 3.05) is 19.0 Å². The molecule has 2 N–H and O–H groups in total. The molecular formula is C16H19ClFN5O4S. The maximum absolute atomic E-state index is 14.3. The summed E-state index contributed by atoms with van der Waals surface area (Å²) in [4.78, 5) is 14.4. The van der Waals surface area contributed by atoms with Gasteiger partial charge in [0.1, 0.15) is 5.69 Å². The van der Waals surface area contributed by atoms with Crippen LogP contribution in [-0.2, 0) is 21.8 Å². The molecule has 0 radical (unpaired) electrons. The van der Waals surface area contributed by atoms with Crippen LogP contribution in [0.2, 0.25) is 5.02 Å². The Labute approximate surface area is 166 Å².